The molecule has 0 unspecified atom stereocenters. The summed E-state index contributed by atoms with van der Waals surface area (Å²) in [5.74, 6) is -1.17. The fraction of sp³-hybridized carbons (Fsp3) is 0.250. The number of halogens is 2. The van der Waals surface area contributed by atoms with Crippen LogP contribution in [0.1, 0.15) is 29.7 Å². The van der Waals surface area contributed by atoms with Crippen molar-refractivity contribution < 1.29 is 17.2 Å². The van der Waals surface area contributed by atoms with E-state index >= 15 is 0 Å². The van der Waals surface area contributed by atoms with Gasteiger partial charge >= 0.3 is 0 Å². The Kier molecular flexibility index (Phi) is 4.42. The summed E-state index contributed by atoms with van der Waals surface area (Å²) in [6, 6.07) is 9.20. The van der Waals surface area contributed by atoms with Crippen LogP contribution < -0.4 is 4.72 Å². The minimum atomic E-state index is -3.34. The Morgan fingerprint density at radius 3 is 2.63 bits per heavy atom. The number of hydrogen-bond donors (Lipinski definition) is 1. The van der Waals surface area contributed by atoms with E-state index in [0.717, 1.165) is 48.4 Å². The van der Waals surface area contributed by atoms with E-state index in [0.29, 0.717) is 23.1 Å². The first-order chi connectivity index (χ1) is 12.8. The largest absolute Gasteiger partial charge is 0.337 e. The number of aryl methyl sites for hydroxylation is 1. The minimum Gasteiger partial charge on any atom is -0.337 e. The van der Waals surface area contributed by atoms with Crippen molar-refractivity contribution in [2.45, 2.75) is 25.8 Å². The van der Waals surface area contributed by atoms with Crippen LogP contribution in [0, 0.1) is 18.1 Å². The fourth-order valence-electron chi connectivity index (χ4n) is 3.63. The molecule has 2 radical (unpaired) electrons. The molecule has 140 valence electrons. The number of nitrogens with one attached hydrogen (secondary N) is 1. The zero-order valence-corrected chi connectivity index (χ0v) is 15.5. The van der Waals surface area contributed by atoms with Gasteiger partial charge in [0.15, 0.2) is 0 Å². The molecule has 0 atom stereocenters. The summed E-state index contributed by atoms with van der Waals surface area (Å²) < 4.78 is 55.2. The predicted molar refractivity (Wildman–Crippen MR) is 101 cm³/mol. The highest BCUT2D eigenvalue weighted by atomic mass is 32.2. The zero-order valence-electron chi connectivity index (χ0n) is 14.7. The highest BCUT2D eigenvalue weighted by molar-refractivity contribution is 7.92. The number of sulfonamides is 1. The molecule has 0 saturated carbocycles. The number of rotatable bonds is 4. The average Bonchev–Trinajstić information content (AvgIpc) is 2.90. The maximum atomic E-state index is 14.6. The quantitative estimate of drug-likeness (QED) is 0.731. The Morgan fingerprint density at radius 2 is 1.93 bits per heavy atom. The van der Waals surface area contributed by atoms with Gasteiger partial charge in [-0.25, -0.2) is 17.2 Å². The van der Waals surface area contributed by atoms with E-state index in [9.17, 15) is 17.2 Å². The maximum absolute atomic E-state index is 14.6. The van der Waals surface area contributed by atoms with Crippen molar-refractivity contribution in [3.05, 3.63) is 71.3 Å². The lowest BCUT2D eigenvalue weighted by Crippen LogP contribution is -2.10. The number of nitrogens with zero attached hydrogens (tertiary/aromatic N) is 1. The van der Waals surface area contributed by atoms with Gasteiger partial charge < -0.3 is 4.57 Å². The second-order valence-electron chi connectivity index (χ2n) is 6.80. The third-order valence-corrected chi connectivity index (χ3v) is 5.28. The first-order valence-electron chi connectivity index (χ1n) is 8.62. The topological polar surface area (TPSA) is 51.1 Å². The molecule has 0 saturated heterocycles. The molecule has 0 aliphatic heterocycles. The Balaban J connectivity index is 1.76. The molecule has 2 aromatic carbocycles. The van der Waals surface area contributed by atoms with E-state index in [1.54, 1.807) is 24.3 Å². The standard InChI is InChI=1S/C20H18F2N2O2S/c1-27(25,26)23-15-8-6-13(7-9-15)12-24-19-5-3-2-4-16(19)17-10-14(21)11-18(22)20(17)24/h6-11,23H,2-4,12H2,1H3. The van der Waals surface area contributed by atoms with E-state index < -0.39 is 21.7 Å². The molecular formula is C20H18F2N2O2S. The molecule has 1 aromatic heterocycles. The predicted octanol–water partition coefficient (Wildman–Crippen LogP) is 4.10. The monoisotopic (exact) mass is 388 g/mol. The van der Waals surface area contributed by atoms with E-state index in [1.165, 1.54) is 6.07 Å². The van der Waals surface area contributed by atoms with Crippen LogP contribution in [-0.4, -0.2) is 19.2 Å². The molecule has 1 aliphatic carbocycles. The first-order valence-corrected chi connectivity index (χ1v) is 10.5. The molecule has 0 spiro atoms. The summed E-state index contributed by atoms with van der Waals surface area (Å²) in [6.07, 6.45) is 6.87. The SMILES string of the molecule is CS(=O)(=O)Nc1ccc(Cn2c3c(c4cc(F)cc(F)c42)CCC[C]3)cc1. The molecule has 27 heavy (non-hydrogen) atoms. The van der Waals surface area contributed by atoms with Crippen LogP contribution >= 0.6 is 0 Å². The number of aromatic nitrogens is 1. The number of hydrogen-bond acceptors (Lipinski definition) is 2. The van der Waals surface area contributed by atoms with Crippen molar-refractivity contribution >= 4 is 26.6 Å². The van der Waals surface area contributed by atoms with Gasteiger partial charge in [-0.15, -0.1) is 0 Å². The van der Waals surface area contributed by atoms with Crippen molar-refractivity contribution in [2.75, 3.05) is 11.0 Å². The van der Waals surface area contributed by atoms with E-state index in [1.807, 2.05) is 4.57 Å². The van der Waals surface area contributed by atoms with Gasteiger partial charge in [0, 0.05) is 35.8 Å². The van der Waals surface area contributed by atoms with Crippen molar-refractivity contribution in [3.8, 4) is 0 Å². The fourth-order valence-corrected chi connectivity index (χ4v) is 4.20. The molecule has 0 fully saturated rings. The molecule has 1 aliphatic rings. The van der Waals surface area contributed by atoms with Crippen LogP contribution in [0.4, 0.5) is 14.5 Å². The van der Waals surface area contributed by atoms with Crippen LogP contribution in [0.15, 0.2) is 36.4 Å². The van der Waals surface area contributed by atoms with E-state index in [2.05, 4.69) is 11.1 Å². The zero-order chi connectivity index (χ0) is 19.2. The summed E-state index contributed by atoms with van der Waals surface area (Å²) in [5, 5.41) is 0.602. The number of anilines is 1. The van der Waals surface area contributed by atoms with E-state index in [4.69, 9.17) is 0 Å². The molecule has 4 nitrogen and oxygen atoms in total. The third kappa shape index (κ3) is 3.56. The number of benzene rings is 2. The number of fused-ring (bicyclic) bond motifs is 3. The summed E-state index contributed by atoms with van der Waals surface area (Å²) in [4.78, 5) is 0. The van der Waals surface area contributed by atoms with Crippen LogP contribution in [0.2, 0.25) is 0 Å². The van der Waals surface area contributed by atoms with Crippen molar-refractivity contribution in [2.24, 2.45) is 0 Å². The lowest BCUT2D eigenvalue weighted by atomic mass is 9.95. The normalized spacial score (nSPS) is 14.3. The molecule has 1 heterocycles. The second kappa shape index (κ2) is 6.64. The maximum Gasteiger partial charge on any atom is 0.229 e. The highest BCUT2D eigenvalue weighted by Gasteiger charge is 2.23. The molecule has 0 amide bonds. The summed E-state index contributed by atoms with van der Waals surface area (Å²) >= 11 is 0. The van der Waals surface area contributed by atoms with Crippen LogP contribution in [-0.2, 0) is 23.0 Å². The summed E-state index contributed by atoms with van der Waals surface area (Å²) in [7, 11) is -3.34. The minimum absolute atomic E-state index is 0.383. The summed E-state index contributed by atoms with van der Waals surface area (Å²) in [6.45, 7) is 0.389. The van der Waals surface area contributed by atoms with Gasteiger partial charge in [-0.1, -0.05) is 12.1 Å². The van der Waals surface area contributed by atoms with Crippen LogP contribution in [0.3, 0.4) is 0 Å². The Bertz CT molecular complexity index is 1120. The van der Waals surface area contributed by atoms with Gasteiger partial charge in [-0.05, 0) is 48.6 Å². The lowest BCUT2D eigenvalue weighted by Gasteiger charge is -2.16. The van der Waals surface area contributed by atoms with Gasteiger partial charge in [0.05, 0.1) is 11.8 Å². The molecule has 0 bridgehead atoms. The van der Waals surface area contributed by atoms with Crippen molar-refractivity contribution in [1.82, 2.24) is 4.57 Å². The third-order valence-electron chi connectivity index (χ3n) is 4.67. The second-order valence-corrected chi connectivity index (χ2v) is 8.55. The van der Waals surface area contributed by atoms with Crippen LogP contribution in [0.5, 0.6) is 0 Å². The van der Waals surface area contributed by atoms with Gasteiger partial charge in [0.25, 0.3) is 0 Å². The molecule has 3 aromatic rings. The highest BCUT2D eigenvalue weighted by Crippen LogP contribution is 2.35. The Morgan fingerprint density at radius 1 is 1.19 bits per heavy atom. The molecule has 7 heteroatoms. The van der Waals surface area contributed by atoms with Gasteiger partial charge in [0.2, 0.25) is 10.0 Å². The molecule has 4 rings (SSSR count). The Labute approximate surface area is 156 Å². The molecule has 1 N–H and O–H groups in total. The van der Waals surface area contributed by atoms with Crippen molar-refractivity contribution in [1.29, 1.82) is 0 Å². The smallest absolute Gasteiger partial charge is 0.229 e. The van der Waals surface area contributed by atoms with Gasteiger partial charge in [-0.2, -0.15) is 0 Å². The summed E-state index contributed by atoms with van der Waals surface area (Å²) in [5.41, 5.74) is 3.48. The Hall–Kier alpha value is -2.41. The van der Waals surface area contributed by atoms with Gasteiger partial charge in [-0.3, -0.25) is 4.72 Å². The average molecular weight is 388 g/mol. The lowest BCUT2D eigenvalue weighted by molar-refractivity contribution is 0.586. The first kappa shape index (κ1) is 18.0. The van der Waals surface area contributed by atoms with Gasteiger partial charge in [0.1, 0.15) is 11.6 Å². The molecular weight excluding hydrogens is 370 g/mol. The van der Waals surface area contributed by atoms with Crippen LogP contribution in [0.25, 0.3) is 10.9 Å². The van der Waals surface area contributed by atoms with E-state index in [-0.39, 0.29) is 0 Å². The van der Waals surface area contributed by atoms with Crippen molar-refractivity contribution in [3.63, 3.8) is 0 Å².